The number of sulfonamides is 1. The number of nitrogens with two attached hydrogens (primary N) is 1. The van der Waals surface area contributed by atoms with Crippen molar-refractivity contribution in [1.82, 2.24) is 4.31 Å². The molecule has 202 valence electrons. The standard InChI is InChI=1S/C26H24F2N2O6S.ClH/c1-16(31)22-13-20(9-10-23(22)28)36-26(18-5-7-19(27)8-6-18)14-30(15-26)37(34,35)21-4-2-3-17(11-21)12-24(29)25(32)33;/h2-11,13,24H,12,14-15,29H2,1H3,(H,32,33);1H/t24-;/m0./s1. The third-order valence-electron chi connectivity index (χ3n) is 6.17. The van der Waals surface area contributed by atoms with E-state index in [4.69, 9.17) is 15.6 Å². The summed E-state index contributed by atoms with van der Waals surface area (Å²) in [4.78, 5) is 22.8. The van der Waals surface area contributed by atoms with Gasteiger partial charge in [-0.2, -0.15) is 4.31 Å². The number of aliphatic carboxylic acids is 1. The Bertz CT molecular complexity index is 1460. The number of rotatable bonds is 9. The van der Waals surface area contributed by atoms with Gasteiger partial charge in [0, 0.05) is 0 Å². The Morgan fingerprint density at radius 2 is 1.74 bits per heavy atom. The first kappa shape index (κ1) is 29.2. The Kier molecular flexibility index (Phi) is 8.57. The molecule has 0 aliphatic carbocycles. The fraction of sp³-hybridized carbons (Fsp3) is 0.231. The number of carboxylic acid groups (broad SMARTS) is 1. The molecule has 1 fully saturated rings. The Hall–Kier alpha value is -3.38. The zero-order valence-corrected chi connectivity index (χ0v) is 21.8. The normalized spacial score (nSPS) is 15.6. The molecule has 0 aromatic heterocycles. The average molecular weight is 567 g/mol. The molecule has 3 N–H and O–H groups in total. The molecule has 3 aromatic carbocycles. The smallest absolute Gasteiger partial charge is 0.320 e. The Morgan fingerprint density at radius 1 is 1.08 bits per heavy atom. The summed E-state index contributed by atoms with van der Waals surface area (Å²) in [5.41, 5.74) is 5.12. The molecule has 1 atom stereocenters. The van der Waals surface area contributed by atoms with Crippen LogP contribution >= 0.6 is 12.4 Å². The van der Waals surface area contributed by atoms with Crippen LogP contribution < -0.4 is 10.5 Å². The summed E-state index contributed by atoms with van der Waals surface area (Å²) in [6.07, 6.45) is -0.0512. The van der Waals surface area contributed by atoms with Crippen LogP contribution in [0.1, 0.15) is 28.4 Å². The number of carbonyl (C=O) groups is 2. The lowest BCUT2D eigenvalue weighted by atomic mass is 9.87. The van der Waals surface area contributed by atoms with E-state index in [1.807, 2.05) is 0 Å². The Morgan fingerprint density at radius 3 is 2.34 bits per heavy atom. The predicted octanol–water partition coefficient (Wildman–Crippen LogP) is 3.52. The molecule has 12 heteroatoms. The molecule has 0 amide bonds. The molecule has 1 saturated heterocycles. The van der Waals surface area contributed by atoms with Gasteiger partial charge in [-0.25, -0.2) is 17.2 Å². The molecule has 0 unspecified atom stereocenters. The first-order chi connectivity index (χ1) is 17.4. The van der Waals surface area contributed by atoms with Crippen LogP contribution in [-0.2, 0) is 26.8 Å². The number of carbonyl (C=O) groups excluding carboxylic acids is 1. The number of halogens is 3. The van der Waals surface area contributed by atoms with Gasteiger partial charge in [0.1, 0.15) is 23.4 Å². The van der Waals surface area contributed by atoms with Crippen molar-refractivity contribution < 1.29 is 36.6 Å². The zero-order chi connectivity index (χ0) is 27.0. The van der Waals surface area contributed by atoms with Crippen LogP contribution in [0.3, 0.4) is 0 Å². The Balaban J connectivity index is 0.00000400. The van der Waals surface area contributed by atoms with Crippen LogP contribution in [0.15, 0.2) is 71.6 Å². The van der Waals surface area contributed by atoms with Crippen LogP contribution in [-0.4, -0.2) is 48.7 Å². The second-order valence-electron chi connectivity index (χ2n) is 8.87. The largest absolute Gasteiger partial charge is 0.480 e. The zero-order valence-electron chi connectivity index (χ0n) is 20.1. The molecule has 1 heterocycles. The molecule has 4 rings (SSSR count). The van der Waals surface area contributed by atoms with Gasteiger partial charge in [-0.15, -0.1) is 12.4 Å². The van der Waals surface area contributed by atoms with E-state index in [-0.39, 0.29) is 48.1 Å². The van der Waals surface area contributed by atoms with Gasteiger partial charge in [0.15, 0.2) is 11.4 Å². The molecule has 1 aliphatic rings. The third kappa shape index (κ3) is 5.86. The van der Waals surface area contributed by atoms with Gasteiger partial charge < -0.3 is 15.6 Å². The maximum atomic E-state index is 14.0. The monoisotopic (exact) mass is 566 g/mol. The molecule has 0 spiro atoms. The fourth-order valence-electron chi connectivity index (χ4n) is 4.14. The Labute approximate surface area is 224 Å². The summed E-state index contributed by atoms with van der Waals surface area (Å²) >= 11 is 0. The number of ether oxygens (including phenoxy) is 1. The van der Waals surface area contributed by atoms with Crippen molar-refractivity contribution in [2.24, 2.45) is 5.73 Å². The van der Waals surface area contributed by atoms with Gasteiger partial charge in [0.25, 0.3) is 0 Å². The first-order valence-corrected chi connectivity index (χ1v) is 12.7. The van der Waals surface area contributed by atoms with Crippen LogP contribution in [0, 0.1) is 11.6 Å². The summed E-state index contributed by atoms with van der Waals surface area (Å²) in [5, 5.41) is 9.05. The maximum Gasteiger partial charge on any atom is 0.320 e. The van der Waals surface area contributed by atoms with E-state index in [1.165, 1.54) is 65.8 Å². The van der Waals surface area contributed by atoms with Crippen LogP contribution in [0.25, 0.3) is 0 Å². The van der Waals surface area contributed by atoms with E-state index >= 15 is 0 Å². The maximum absolute atomic E-state index is 14.0. The van der Waals surface area contributed by atoms with Crippen LogP contribution in [0.2, 0.25) is 0 Å². The highest BCUT2D eigenvalue weighted by Crippen LogP contribution is 2.40. The van der Waals surface area contributed by atoms with Crippen molar-refractivity contribution in [3.63, 3.8) is 0 Å². The highest BCUT2D eigenvalue weighted by atomic mass is 35.5. The van der Waals surface area contributed by atoms with Gasteiger partial charge in [-0.05, 0) is 66.9 Å². The number of carboxylic acids is 1. The molecular formula is C26H25ClF2N2O6S. The van der Waals surface area contributed by atoms with Gasteiger partial charge in [-0.3, -0.25) is 9.59 Å². The highest BCUT2D eigenvalue weighted by Gasteiger charge is 2.52. The van der Waals surface area contributed by atoms with Crippen molar-refractivity contribution in [2.45, 2.75) is 29.9 Å². The molecule has 0 saturated carbocycles. The van der Waals surface area contributed by atoms with Crippen molar-refractivity contribution in [2.75, 3.05) is 13.1 Å². The number of nitrogens with zero attached hydrogens (tertiary/aromatic N) is 1. The SMILES string of the molecule is CC(=O)c1cc(OC2(c3ccc(F)cc3)CN(S(=O)(=O)c3cccc(C[C@H](N)C(=O)O)c3)C2)ccc1F.Cl. The molecule has 3 aromatic rings. The lowest BCUT2D eigenvalue weighted by molar-refractivity contribution is -0.138. The second-order valence-corrected chi connectivity index (χ2v) is 10.8. The van der Waals surface area contributed by atoms with E-state index in [1.54, 1.807) is 6.07 Å². The minimum absolute atomic E-state index is 0. The van der Waals surface area contributed by atoms with E-state index in [2.05, 4.69) is 0 Å². The summed E-state index contributed by atoms with van der Waals surface area (Å²) in [7, 11) is -4.01. The lowest BCUT2D eigenvalue weighted by Gasteiger charge is -2.49. The first-order valence-electron chi connectivity index (χ1n) is 11.2. The van der Waals surface area contributed by atoms with E-state index < -0.39 is 45.1 Å². The topological polar surface area (TPSA) is 127 Å². The fourth-order valence-corrected chi connectivity index (χ4v) is 5.75. The number of Topliss-reactive ketones (excluding diaryl/α,β-unsaturated/α-hetero) is 1. The van der Waals surface area contributed by atoms with Crippen molar-refractivity contribution >= 4 is 34.2 Å². The number of hydrogen-bond acceptors (Lipinski definition) is 6. The van der Waals surface area contributed by atoms with Gasteiger partial charge >= 0.3 is 5.97 Å². The van der Waals surface area contributed by atoms with Gasteiger partial charge in [0.2, 0.25) is 10.0 Å². The lowest BCUT2D eigenvalue weighted by Crippen LogP contribution is -2.64. The quantitative estimate of drug-likeness (QED) is 0.379. The molecule has 0 bridgehead atoms. The van der Waals surface area contributed by atoms with Crippen molar-refractivity contribution in [3.8, 4) is 5.75 Å². The number of ketones is 1. The predicted molar refractivity (Wildman–Crippen MR) is 137 cm³/mol. The summed E-state index contributed by atoms with van der Waals surface area (Å²) in [6, 6.07) is 13.7. The molecule has 1 aliphatic heterocycles. The molecule has 38 heavy (non-hydrogen) atoms. The van der Waals surface area contributed by atoms with Crippen molar-refractivity contribution in [3.05, 3.63) is 95.1 Å². The average Bonchev–Trinajstić information content (AvgIpc) is 2.82. The number of benzene rings is 3. The van der Waals surface area contributed by atoms with E-state index in [0.717, 1.165) is 6.07 Å². The van der Waals surface area contributed by atoms with Crippen LogP contribution in [0.5, 0.6) is 5.75 Å². The molecule has 0 radical (unpaired) electrons. The van der Waals surface area contributed by atoms with Gasteiger partial charge in [0.05, 0.1) is 23.5 Å². The second kappa shape index (κ2) is 11.2. The molecular weight excluding hydrogens is 542 g/mol. The van der Waals surface area contributed by atoms with Crippen LogP contribution in [0.4, 0.5) is 8.78 Å². The highest BCUT2D eigenvalue weighted by molar-refractivity contribution is 7.89. The van der Waals surface area contributed by atoms with Crippen molar-refractivity contribution in [1.29, 1.82) is 0 Å². The summed E-state index contributed by atoms with van der Waals surface area (Å²) < 4.78 is 61.7. The summed E-state index contributed by atoms with van der Waals surface area (Å²) in [5.74, 6) is -2.75. The van der Waals surface area contributed by atoms with E-state index in [9.17, 15) is 26.8 Å². The van der Waals surface area contributed by atoms with E-state index in [0.29, 0.717) is 11.1 Å². The minimum Gasteiger partial charge on any atom is -0.480 e. The third-order valence-corrected chi connectivity index (χ3v) is 7.96. The minimum atomic E-state index is -4.01. The summed E-state index contributed by atoms with van der Waals surface area (Å²) in [6.45, 7) is 0.923. The number of hydrogen-bond donors (Lipinski definition) is 2. The molecule has 8 nitrogen and oxygen atoms in total. The van der Waals surface area contributed by atoms with Gasteiger partial charge in [-0.1, -0.05) is 24.3 Å².